The van der Waals surface area contributed by atoms with E-state index in [1.165, 1.54) is 63.4 Å². The van der Waals surface area contributed by atoms with Crippen LogP contribution in [-0.2, 0) is 17.3 Å². The van der Waals surface area contributed by atoms with Crippen molar-refractivity contribution in [3.8, 4) is 0 Å². The van der Waals surface area contributed by atoms with E-state index in [0.29, 0.717) is 5.41 Å². The van der Waals surface area contributed by atoms with Crippen LogP contribution >= 0.6 is 8.58 Å². The molecule has 29 heavy (non-hydrogen) atoms. The third-order valence-corrected chi connectivity index (χ3v) is 9.19. The van der Waals surface area contributed by atoms with Gasteiger partial charge in [0.25, 0.3) is 0 Å². The lowest BCUT2D eigenvalue weighted by atomic mass is 9.49. The summed E-state index contributed by atoms with van der Waals surface area (Å²) in [6.07, 6.45) is 11.7. The summed E-state index contributed by atoms with van der Waals surface area (Å²) in [5, 5.41) is 1.65. The third-order valence-electron chi connectivity index (χ3n) is 8.26. The Hall–Kier alpha value is -0.610. The zero-order chi connectivity index (χ0) is 21.4. The quantitative estimate of drug-likeness (QED) is 0.241. The van der Waals surface area contributed by atoms with Crippen molar-refractivity contribution in [3.63, 3.8) is 0 Å². The Morgan fingerprint density at radius 2 is 1.83 bits per heavy atom. The number of unbranched alkanes of at least 4 members (excludes halogenated alkanes) is 3. The smallest absolute Gasteiger partial charge is 0.000421 e. The highest BCUT2D eigenvalue weighted by Crippen LogP contribution is 2.58. The van der Waals surface area contributed by atoms with Crippen LogP contribution in [0.4, 0.5) is 0 Å². The van der Waals surface area contributed by atoms with Crippen molar-refractivity contribution >= 4 is 13.9 Å². The summed E-state index contributed by atoms with van der Waals surface area (Å²) in [6.45, 7) is 21.7. The van der Waals surface area contributed by atoms with Crippen molar-refractivity contribution in [1.29, 1.82) is 0 Å². The van der Waals surface area contributed by atoms with Gasteiger partial charge in [-0.15, -0.1) is 0 Å². The van der Waals surface area contributed by atoms with Crippen LogP contribution < -0.4 is 5.30 Å². The highest BCUT2D eigenvalue weighted by molar-refractivity contribution is 7.46. The third kappa shape index (κ3) is 4.39. The normalized spacial score (nSPS) is 26.6. The first kappa shape index (κ1) is 23.1. The van der Waals surface area contributed by atoms with Gasteiger partial charge in [-0.2, -0.15) is 0 Å². The Morgan fingerprint density at radius 1 is 1.10 bits per heavy atom. The fraction of sp³-hybridized carbons (Fsp3) is 0.714. The highest BCUT2D eigenvalue weighted by atomic mass is 31.1. The van der Waals surface area contributed by atoms with Crippen LogP contribution in [0, 0.1) is 11.3 Å². The average Bonchev–Trinajstić information content (AvgIpc) is 2.63. The van der Waals surface area contributed by atoms with Gasteiger partial charge in [-0.1, -0.05) is 100 Å². The minimum atomic E-state index is 0.272. The van der Waals surface area contributed by atoms with Crippen molar-refractivity contribution in [2.45, 2.75) is 110 Å². The molecule has 0 N–H and O–H groups in total. The van der Waals surface area contributed by atoms with E-state index in [1.807, 2.05) is 0 Å². The minimum Gasteiger partial charge on any atom is -0.0998 e. The SMILES string of the molecule is C=C1CCC2C(C)(C)Cc3cc(C(C)(C)CCCCCC)cc(PC)c3C2(C)C1. The first-order valence-corrected chi connectivity index (χ1v) is 13.6. The van der Waals surface area contributed by atoms with Gasteiger partial charge in [0, 0.05) is 5.41 Å². The minimum absolute atomic E-state index is 0.272. The molecule has 0 aromatic heterocycles. The molecule has 0 nitrogen and oxygen atoms in total. The van der Waals surface area contributed by atoms with Crippen LogP contribution in [0.25, 0.3) is 0 Å². The molecule has 0 heterocycles. The highest BCUT2D eigenvalue weighted by Gasteiger charge is 2.51. The molecule has 0 bridgehead atoms. The molecule has 0 spiro atoms. The van der Waals surface area contributed by atoms with E-state index in [2.05, 4.69) is 66.9 Å². The first-order valence-electron chi connectivity index (χ1n) is 12.1. The van der Waals surface area contributed by atoms with Gasteiger partial charge in [-0.3, -0.25) is 0 Å². The molecule has 3 rings (SSSR count). The van der Waals surface area contributed by atoms with E-state index >= 15 is 0 Å². The van der Waals surface area contributed by atoms with Gasteiger partial charge in [0.15, 0.2) is 0 Å². The molecule has 1 saturated carbocycles. The molecule has 0 radical (unpaired) electrons. The molecule has 1 aromatic carbocycles. The predicted molar refractivity (Wildman–Crippen MR) is 133 cm³/mol. The Morgan fingerprint density at radius 3 is 2.48 bits per heavy atom. The fourth-order valence-corrected chi connectivity index (χ4v) is 7.77. The van der Waals surface area contributed by atoms with Crippen LogP contribution in [0.15, 0.2) is 24.3 Å². The van der Waals surface area contributed by atoms with Crippen molar-refractivity contribution in [2.75, 3.05) is 6.66 Å². The maximum Gasteiger partial charge on any atom is 0.000421 e. The Kier molecular flexibility index (Phi) is 6.75. The second-order valence-electron chi connectivity index (χ2n) is 11.6. The molecular weight excluding hydrogens is 367 g/mol. The van der Waals surface area contributed by atoms with Gasteiger partial charge in [0.1, 0.15) is 0 Å². The van der Waals surface area contributed by atoms with Gasteiger partial charge in [-0.05, 0) is 77.5 Å². The van der Waals surface area contributed by atoms with Crippen LogP contribution in [0.1, 0.15) is 110 Å². The summed E-state index contributed by atoms with van der Waals surface area (Å²) < 4.78 is 0. The van der Waals surface area contributed by atoms with E-state index < -0.39 is 0 Å². The number of hydrogen-bond acceptors (Lipinski definition) is 0. The molecule has 162 valence electrons. The number of benzene rings is 1. The molecule has 0 saturated heterocycles. The lowest BCUT2D eigenvalue weighted by Gasteiger charge is -2.55. The fourth-order valence-electron chi connectivity index (χ4n) is 6.77. The number of fused-ring (bicyclic) bond motifs is 3. The second kappa shape index (κ2) is 8.49. The monoisotopic (exact) mass is 412 g/mol. The summed E-state index contributed by atoms with van der Waals surface area (Å²) in [5.74, 6) is 0.774. The molecular formula is C28H45P. The first-order chi connectivity index (χ1) is 13.5. The average molecular weight is 413 g/mol. The van der Waals surface area contributed by atoms with E-state index in [-0.39, 0.29) is 10.8 Å². The summed E-state index contributed by atoms with van der Waals surface area (Å²) in [7, 11) is 0.876. The Bertz CT molecular complexity index is 754. The summed E-state index contributed by atoms with van der Waals surface area (Å²) in [6, 6.07) is 5.23. The summed E-state index contributed by atoms with van der Waals surface area (Å²) in [4.78, 5) is 0. The van der Waals surface area contributed by atoms with E-state index in [9.17, 15) is 0 Å². The van der Waals surface area contributed by atoms with Gasteiger partial charge < -0.3 is 0 Å². The summed E-state index contributed by atoms with van der Waals surface area (Å²) in [5.41, 5.74) is 7.35. The van der Waals surface area contributed by atoms with Crippen LogP contribution in [0.3, 0.4) is 0 Å². The van der Waals surface area contributed by atoms with Crippen molar-refractivity contribution in [3.05, 3.63) is 41.0 Å². The predicted octanol–water partition coefficient (Wildman–Crippen LogP) is 8.06. The number of hydrogen-bond donors (Lipinski definition) is 0. The van der Waals surface area contributed by atoms with Crippen molar-refractivity contribution < 1.29 is 0 Å². The molecule has 1 aromatic rings. The largest absolute Gasteiger partial charge is 0.0998 e. The van der Waals surface area contributed by atoms with Crippen LogP contribution in [0.2, 0.25) is 0 Å². The second-order valence-corrected chi connectivity index (χ2v) is 12.6. The maximum absolute atomic E-state index is 4.43. The topological polar surface area (TPSA) is 0 Å². The Balaban J connectivity index is 2.04. The van der Waals surface area contributed by atoms with E-state index in [4.69, 9.17) is 0 Å². The van der Waals surface area contributed by atoms with Gasteiger partial charge in [-0.25, -0.2) is 0 Å². The van der Waals surface area contributed by atoms with E-state index in [0.717, 1.165) is 14.5 Å². The zero-order valence-electron chi connectivity index (χ0n) is 20.3. The maximum atomic E-state index is 4.43. The molecule has 1 heteroatoms. The van der Waals surface area contributed by atoms with Crippen LogP contribution in [0.5, 0.6) is 0 Å². The van der Waals surface area contributed by atoms with E-state index in [1.54, 1.807) is 22.0 Å². The number of allylic oxidation sites excluding steroid dienone is 1. The molecule has 0 amide bonds. The van der Waals surface area contributed by atoms with Gasteiger partial charge in [0.2, 0.25) is 0 Å². The van der Waals surface area contributed by atoms with Gasteiger partial charge in [0.05, 0.1) is 0 Å². The molecule has 2 aliphatic rings. The molecule has 0 aliphatic heterocycles. The standard InChI is InChI=1S/C28H45P/c1-9-10-11-12-15-26(3,4)22-16-21-19-27(5,6)24-14-13-20(2)18-28(24,7)25(21)23(17-22)29-8/h16-17,24,29H,2,9-15,18-19H2,1,3-8H3. The lowest BCUT2D eigenvalue weighted by molar-refractivity contribution is 0.0741. The molecule has 3 atom stereocenters. The zero-order valence-corrected chi connectivity index (χ0v) is 21.3. The molecule has 2 aliphatic carbocycles. The van der Waals surface area contributed by atoms with Crippen molar-refractivity contribution in [1.82, 2.24) is 0 Å². The number of rotatable bonds is 7. The van der Waals surface area contributed by atoms with Crippen molar-refractivity contribution in [2.24, 2.45) is 11.3 Å². The Labute approximate surface area is 183 Å². The van der Waals surface area contributed by atoms with Gasteiger partial charge >= 0.3 is 0 Å². The lowest BCUT2D eigenvalue weighted by Crippen LogP contribution is -2.51. The molecule has 1 fully saturated rings. The van der Waals surface area contributed by atoms with Crippen LogP contribution in [-0.4, -0.2) is 6.66 Å². The summed E-state index contributed by atoms with van der Waals surface area (Å²) >= 11 is 0. The molecule has 3 unspecified atom stereocenters.